The van der Waals surface area contributed by atoms with Crippen LogP contribution in [0.4, 0.5) is 0 Å². The predicted molar refractivity (Wildman–Crippen MR) is 77.5 cm³/mol. The molecule has 0 spiro atoms. The molecule has 2 nitrogen and oxygen atoms in total. The van der Waals surface area contributed by atoms with E-state index in [1.54, 1.807) is 0 Å². The van der Waals surface area contributed by atoms with Gasteiger partial charge in [0.05, 0.1) is 0 Å². The number of thiol groups is 1. The Morgan fingerprint density at radius 1 is 1.25 bits per heavy atom. The molecule has 1 rings (SSSR count). The van der Waals surface area contributed by atoms with E-state index in [4.69, 9.17) is 12.2 Å². The number of benzene rings is 1. The Kier molecular flexibility index (Phi) is 5.49. The number of hydrogen-bond donors (Lipinski definition) is 1. The second-order valence-corrected chi connectivity index (χ2v) is 4.37. The number of nitrogens with zero attached hydrogens (tertiary/aromatic N) is 2. The molecule has 0 heterocycles. The Hall–Kier alpha value is -0.870. The van der Waals surface area contributed by atoms with Crippen LogP contribution in [0.25, 0.3) is 0 Å². The Morgan fingerprint density at radius 2 is 1.81 bits per heavy atom. The monoisotopic (exact) mass is 252 g/mol. The normalized spacial score (nSPS) is 11.3. The Bertz CT molecular complexity index is 370. The molecular weight excluding hydrogens is 236 g/mol. The van der Waals surface area contributed by atoms with E-state index in [0.29, 0.717) is 4.32 Å². The number of aliphatic imine (C=N–C) groups is 1. The van der Waals surface area contributed by atoms with Crippen LogP contribution < -0.4 is 0 Å². The number of amidine groups is 1. The molecule has 1 aromatic rings. The van der Waals surface area contributed by atoms with Gasteiger partial charge in [-0.2, -0.15) is 0 Å². The first-order valence-electron chi connectivity index (χ1n) is 5.31. The fourth-order valence-electron chi connectivity index (χ4n) is 1.52. The summed E-state index contributed by atoms with van der Waals surface area (Å²) in [6, 6.07) is 10.0. The molecule has 0 aliphatic rings. The SMILES string of the molecule is CCN(CC)C(=NC(=S)S)c1ccccc1. The van der Waals surface area contributed by atoms with Crippen molar-refractivity contribution in [2.75, 3.05) is 13.1 Å². The van der Waals surface area contributed by atoms with Crippen molar-refractivity contribution in [1.29, 1.82) is 0 Å². The van der Waals surface area contributed by atoms with E-state index < -0.39 is 0 Å². The van der Waals surface area contributed by atoms with Crippen molar-refractivity contribution in [2.24, 2.45) is 4.99 Å². The lowest BCUT2D eigenvalue weighted by molar-refractivity contribution is 0.467. The molecule has 0 radical (unpaired) electrons. The Labute approximate surface area is 108 Å². The highest BCUT2D eigenvalue weighted by Gasteiger charge is 2.10. The second kappa shape index (κ2) is 6.66. The highest BCUT2D eigenvalue weighted by Crippen LogP contribution is 2.07. The zero-order valence-electron chi connectivity index (χ0n) is 9.55. The van der Waals surface area contributed by atoms with Gasteiger partial charge in [-0.05, 0) is 13.8 Å². The minimum Gasteiger partial charge on any atom is -0.357 e. The summed E-state index contributed by atoms with van der Waals surface area (Å²) in [6.45, 7) is 6.01. The molecule has 1 aromatic carbocycles. The maximum atomic E-state index is 4.94. The van der Waals surface area contributed by atoms with E-state index in [0.717, 1.165) is 24.5 Å². The van der Waals surface area contributed by atoms with Gasteiger partial charge in [0.25, 0.3) is 0 Å². The summed E-state index contributed by atoms with van der Waals surface area (Å²) in [4.78, 5) is 6.49. The van der Waals surface area contributed by atoms with Crippen LogP contribution in [0.2, 0.25) is 0 Å². The van der Waals surface area contributed by atoms with Gasteiger partial charge in [-0.1, -0.05) is 42.5 Å². The average Bonchev–Trinajstić information content (AvgIpc) is 2.30. The van der Waals surface area contributed by atoms with Gasteiger partial charge in [-0.25, -0.2) is 4.99 Å². The van der Waals surface area contributed by atoms with Gasteiger partial charge in [0.2, 0.25) is 0 Å². The van der Waals surface area contributed by atoms with Crippen LogP contribution in [0.5, 0.6) is 0 Å². The summed E-state index contributed by atoms with van der Waals surface area (Å²) in [5, 5.41) is 0. The van der Waals surface area contributed by atoms with Crippen LogP contribution in [0.3, 0.4) is 0 Å². The van der Waals surface area contributed by atoms with E-state index >= 15 is 0 Å². The Balaban J connectivity index is 3.11. The van der Waals surface area contributed by atoms with Crippen LogP contribution in [0, 0.1) is 0 Å². The van der Waals surface area contributed by atoms with Crippen LogP contribution in [0.15, 0.2) is 35.3 Å². The van der Waals surface area contributed by atoms with Crippen LogP contribution in [0.1, 0.15) is 19.4 Å². The van der Waals surface area contributed by atoms with Crippen LogP contribution >= 0.6 is 24.8 Å². The van der Waals surface area contributed by atoms with E-state index in [-0.39, 0.29) is 0 Å². The second-order valence-electron chi connectivity index (χ2n) is 3.26. The molecular formula is C12H16N2S2. The number of rotatable bonds is 3. The zero-order valence-corrected chi connectivity index (χ0v) is 11.3. The standard InChI is InChI=1S/C12H16N2S2/c1-3-14(4-2)11(13-12(15)16)10-8-6-5-7-9-10/h5-9H,3-4H2,1-2H3,(H,15,16). The summed E-state index contributed by atoms with van der Waals surface area (Å²) in [5.41, 5.74) is 1.07. The summed E-state index contributed by atoms with van der Waals surface area (Å²) in [5.74, 6) is 0.894. The minimum atomic E-state index is 0.366. The van der Waals surface area contributed by atoms with Crippen molar-refractivity contribution in [2.45, 2.75) is 13.8 Å². The van der Waals surface area contributed by atoms with Gasteiger partial charge in [-0.3, -0.25) is 0 Å². The number of hydrogen-bond acceptors (Lipinski definition) is 1. The first-order valence-corrected chi connectivity index (χ1v) is 6.16. The predicted octanol–water partition coefficient (Wildman–Crippen LogP) is 2.99. The topological polar surface area (TPSA) is 15.6 Å². The van der Waals surface area contributed by atoms with E-state index in [1.807, 2.05) is 30.3 Å². The van der Waals surface area contributed by atoms with E-state index in [1.165, 1.54) is 0 Å². The first-order chi connectivity index (χ1) is 7.69. The molecule has 0 N–H and O–H groups in total. The third-order valence-electron chi connectivity index (χ3n) is 2.30. The lowest BCUT2D eigenvalue weighted by Crippen LogP contribution is -2.31. The van der Waals surface area contributed by atoms with Crippen molar-refractivity contribution in [3.8, 4) is 0 Å². The molecule has 0 bridgehead atoms. The average molecular weight is 252 g/mol. The minimum absolute atomic E-state index is 0.366. The lowest BCUT2D eigenvalue weighted by atomic mass is 10.2. The fraction of sp³-hybridized carbons (Fsp3) is 0.333. The zero-order chi connectivity index (χ0) is 12.0. The molecule has 0 saturated carbocycles. The fourth-order valence-corrected chi connectivity index (χ4v) is 1.70. The van der Waals surface area contributed by atoms with Crippen molar-refractivity contribution >= 4 is 35.0 Å². The molecule has 86 valence electrons. The Morgan fingerprint density at radius 3 is 2.25 bits per heavy atom. The van der Waals surface area contributed by atoms with Gasteiger partial charge in [0.1, 0.15) is 5.84 Å². The maximum Gasteiger partial charge on any atom is 0.159 e. The van der Waals surface area contributed by atoms with Gasteiger partial charge in [0, 0.05) is 18.7 Å². The quantitative estimate of drug-likeness (QED) is 0.385. The summed E-state index contributed by atoms with van der Waals surface area (Å²) in [6.07, 6.45) is 0. The largest absolute Gasteiger partial charge is 0.357 e. The summed E-state index contributed by atoms with van der Waals surface area (Å²) >= 11 is 9.01. The lowest BCUT2D eigenvalue weighted by Gasteiger charge is -2.23. The molecule has 0 aromatic heterocycles. The molecule has 0 aliphatic carbocycles. The highest BCUT2D eigenvalue weighted by molar-refractivity contribution is 8.11. The van der Waals surface area contributed by atoms with Gasteiger partial charge >= 0.3 is 0 Å². The van der Waals surface area contributed by atoms with Gasteiger partial charge in [-0.15, -0.1) is 12.6 Å². The van der Waals surface area contributed by atoms with Crippen LogP contribution in [-0.2, 0) is 0 Å². The van der Waals surface area contributed by atoms with Crippen molar-refractivity contribution in [3.05, 3.63) is 35.9 Å². The summed E-state index contributed by atoms with van der Waals surface area (Å²) in [7, 11) is 0. The van der Waals surface area contributed by atoms with E-state index in [2.05, 4.69) is 36.4 Å². The molecule has 16 heavy (non-hydrogen) atoms. The third kappa shape index (κ3) is 3.61. The molecule has 0 amide bonds. The molecule has 0 fully saturated rings. The molecule has 0 atom stereocenters. The highest BCUT2D eigenvalue weighted by atomic mass is 32.1. The molecule has 4 heteroatoms. The van der Waals surface area contributed by atoms with Gasteiger partial charge < -0.3 is 4.90 Å². The molecule has 0 unspecified atom stereocenters. The maximum absolute atomic E-state index is 4.94. The third-order valence-corrected chi connectivity index (χ3v) is 2.49. The molecule has 0 saturated heterocycles. The van der Waals surface area contributed by atoms with Crippen molar-refractivity contribution in [1.82, 2.24) is 4.90 Å². The smallest absolute Gasteiger partial charge is 0.159 e. The van der Waals surface area contributed by atoms with Crippen molar-refractivity contribution in [3.63, 3.8) is 0 Å². The first kappa shape index (κ1) is 13.2. The van der Waals surface area contributed by atoms with Gasteiger partial charge in [0.15, 0.2) is 4.32 Å². The van der Waals surface area contributed by atoms with E-state index in [9.17, 15) is 0 Å². The van der Waals surface area contributed by atoms with Crippen LogP contribution in [-0.4, -0.2) is 28.1 Å². The summed E-state index contributed by atoms with van der Waals surface area (Å²) < 4.78 is 0.366. The van der Waals surface area contributed by atoms with Crippen molar-refractivity contribution < 1.29 is 0 Å². The number of thiocarbonyl (C=S) groups is 1. The molecule has 0 aliphatic heterocycles.